The van der Waals surface area contributed by atoms with Crippen molar-refractivity contribution in [2.45, 2.75) is 26.7 Å². The lowest BCUT2D eigenvalue weighted by Crippen LogP contribution is -2.33. The van der Waals surface area contributed by atoms with E-state index in [9.17, 15) is 0 Å². The SMILES string of the molecule is Cc1ccc(N)c2ccnc(N3CCC(C)CC3)c12. The Hall–Kier alpha value is -1.77. The van der Waals surface area contributed by atoms with Crippen LogP contribution < -0.4 is 10.6 Å². The molecular formula is C16H21N3. The van der Waals surface area contributed by atoms with Crippen LogP contribution in [0.5, 0.6) is 0 Å². The van der Waals surface area contributed by atoms with Gasteiger partial charge in [-0.1, -0.05) is 13.0 Å². The van der Waals surface area contributed by atoms with Crippen molar-refractivity contribution in [1.29, 1.82) is 0 Å². The van der Waals surface area contributed by atoms with Crippen LogP contribution in [0.3, 0.4) is 0 Å². The Labute approximate surface area is 114 Å². The van der Waals surface area contributed by atoms with Crippen LogP contribution in [-0.2, 0) is 0 Å². The molecule has 1 aromatic heterocycles. The number of rotatable bonds is 1. The predicted octanol–water partition coefficient (Wildman–Crippen LogP) is 3.36. The smallest absolute Gasteiger partial charge is 0.136 e. The molecule has 3 nitrogen and oxygen atoms in total. The van der Waals surface area contributed by atoms with Gasteiger partial charge in [-0.15, -0.1) is 0 Å². The summed E-state index contributed by atoms with van der Waals surface area (Å²) in [4.78, 5) is 7.04. The molecule has 0 atom stereocenters. The van der Waals surface area contributed by atoms with Crippen molar-refractivity contribution in [3.63, 3.8) is 0 Å². The molecule has 0 radical (unpaired) electrons. The molecule has 0 unspecified atom stereocenters. The Morgan fingerprint density at radius 2 is 1.95 bits per heavy atom. The average Bonchev–Trinajstić information content (AvgIpc) is 2.43. The van der Waals surface area contributed by atoms with Gasteiger partial charge in [-0.05, 0) is 43.4 Å². The van der Waals surface area contributed by atoms with Gasteiger partial charge in [0.05, 0.1) is 0 Å². The molecule has 2 N–H and O–H groups in total. The normalized spacial score (nSPS) is 17.1. The summed E-state index contributed by atoms with van der Waals surface area (Å²) in [7, 11) is 0. The second kappa shape index (κ2) is 4.72. The van der Waals surface area contributed by atoms with Gasteiger partial charge < -0.3 is 10.6 Å². The molecule has 0 amide bonds. The third-order valence-electron chi connectivity index (χ3n) is 4.23. The van der Waals surface area contributed by atoms with Crippen LogP contribution in [0.2, 0.25) is 0 Å². The lowest BCUT2D eigenvalue weighted by Gasteiger charge is -2.32. The molecule has 19 heavy (non-hydrogen) atoms. The lowest BCUT2D eigenvalue weighted by molar-refractivity contribution is 0.437. The fourth-order valence-corrected chi connectivity index (χ4v) is 2.93. The number of benzene rings is 1. The molecule has 1 saturated heterocycles. The molecule has 2 aromatic rings. The Morgan fingerprint density at radius 3 is 2.68 bits per heavy atom. The van der Waals surface area contributed by atoms with E-state index < -0.39 is 0 Å². The number of pyridine rings is 1. The zero-order valence-electron chi connectivity index (χ0n) is 11.7. The Kier molecular flexibility index (Phi) is 3.05. The predicted molar refractivity (Wildman–Crippen MR) is 81.5 cm³/mol. The van der Waals surface area contributed by atoms with Crippen molar-refractivity contribution in [1.82, 2.24) is 4.98 Å². The number of nitrogen functional groups attached to an aromatic ring is 1. The highest BCUT2D eigenvalue weighted by atomic mass is 15.2. The molecule has 1 fully saturated rings. The number of nitrogens with two attached hydrogens (primary N) is 1. The number of nitrogens with zero attached hydrogens (tertiary/aromatic N) is 2. The van der Waals surface area contributed by atoms with Crippen molar-refractivity contribution in [3.8, 4) is 0 Å². The Bertz CT molecular complexity index is 598. The molecule has 0 bridgehead atoms. The highest BCUT2D eigenvalue weighted by Gasteiger charge is 2.19. The van der Waals surface area contributed by atoms with E-state index in [0.29, 0.717) is 0 Å². The molecular weight excluding hydrogens is 234 g/mol. The fraction of sp³-hybridized carbons (Fsp3) is 0.438. The number of hydrogen-bond acceptors (Lipinski definition) is 3. The number of hydrogen-bond donors (Lipinski definition) is 1. The van der Waals surface area contributed by atoms with E-state index >= 15 is 0 Å². The van der Waals surface area contributed by atoms with Gasteiger partial charge in [0.15, 0.2) is 0 Å². The van der Waals surface area contributed by atoms with E-state index in [4.69, 9.17) is 5.73 Å². The first-order chi connectivity index (χ1) is 9.16. The van der Waals surface area contributed by atoms with Gasteiger partial charge >= 0.3 is 0 Å². The summed E-state index contributed by atoms with van der Waals surface area (Å²) < 4.78 is 0. The van der Waals surface area contributed by atoms with Crippen LogP contribution in [0, 0.1) is 12.8 Å². The van der Waals surface area contributed by atoms with Gasteiger partial charge in [0.1, 0.15) is 5.82 Å². The van der Waals surface area contributed by atoms with E-state index in [-0.39, 0.29) is 0 Å². The Balaban J connectivity index is 2.11. The van der Waals surface area contributed by atoms with Crippen molar-refractivity contribution in [2.75, 3.05) is 23.7 Å². The average molecular weight is 255 g/mol. The lowest BCUT2D eigenvalue weighted by atomic mass is 9.98. The van der Waals surface area contributed by atoms with Gasteiger partial charge in [0, 0.05) is 35.7 Å². The van der Waals surface area contributed by atoms with Crippen LogP contribution in [0.15, 0.2) is 24.4 Å². The summed E-state index contributed by atoms with van der Waals surface area (Å²) in [5.41, 5.74) is 8.20. The molecule has 1 aromatic carbocycles. The second-order valence-corrected chi connectivity index (χ2v) is 5.70. The zero-order chi connectivity index (χ0) is 13.4. The number of aryl methyl sites for hydroxylation is 1. The van der Waals surface area contributed by atoms with Crippen LogP contribution in [0.25, 0.3) is 10.8 Å². The number of aromatic nitrogens is 1. The van der Waals surface area contributed by atoms with E-state index in [0.717, 1.165) is 35.9 Å². The molecule has 1 aliphatic rings. The van der Waals surface area contributed by atoms with Crippen LogP contribution in [0.4, 0.5) is 11.5 Å². The molecule has 0 aliphatic carbocycles. The topological polar surface area (TPSA) is 42.1 Å². The number of anilines is 2. The van der Waals surface area contributed by atoms with Crippen molar-refractivity contribution >= 4 is 22.3 Å². The van der Waals surface area contributed by atoms with Crippen LogP contribution >= 0.6 is 0 Å². The number of fused-ring (bicyclic) bond motifs is 1. The van der Waals surface area contributed by atoms with E-state index in [1.54, 1.807) is 0 Å². The molecule has 0 saturated carbocycles. The maximum Gasteiger partial charge on any atom is 0.136 e. The number of piperidine rings is 1. The van der Waals surface area contributed by atoms with Gasteiger partial charge in [0.25, 0.3) is 0 Å². The summed E-state index contributed by atoms with van der Waals surface area (Å²) in [5.74, 6) is 1.94. The van der Waals surface area contributed by atoms with E-state index in [1.807, 2.05) is 18.3 Å². The maximum absolute atomic E-state index is 6.10. The molecule has 3 rings (SSSR count). The molecule has 0 spiro atoms. The fourth-order valence-electron chi connectivity index (χ4n) is 2.93. The second-order valence-electron chi connectivity index (χ2n) is 5.70. The molecule has 2 heterocycles. The van der Waals surface area contributed by atoms with Gasteiger partial charge in [-0.3, -0.25) is 0 Å². The third-order valence-corrected chi connectivity index (χ3v) is 4.23. The summed E-state index contributed by atoms with van der Waals surface area (Å²) in [6, 6.07) is 6.10. The standard InChI is InChI=1S/C16H21N3/c1-11-6-9-19(10-7-11)16-15-12(2)3-4-14(17)13(15)5-8-18-16/h3-5,8,11H,6-7,9-10,17H2,1-2H3. The molecule has 3 heteroatoms. The maximum atomic E-state index is 6.10. The third kappa shape index (κ3) is 2.14. The first kappa shape index (κ1) is 12.3. The molecule has 1 aliphatic heterocycles. The first-order valence-corrected chi connectivity index (χ1v) is 7.05. The van der Waals surface area contributed by atoms with Gasteiger partial charge in [0.2, 0.25) is 0 Å². The highest BCUT2D eigenvalue weighted by molar-refractivity contribution is 6.01. The van der Waals surface area contributed by atoms with E-state index in [1.165, 1.54) is 23.8 Å². The quantitative estimate of drug-likeness (QED) is 0.794. The molecule has 100 valence electrons. The van der Waals surface area contributed by atoms with Crippen LogP contribution in [-0.4, -0.2) is 18.1 Å². The van der Waals surface area contributed by atoms with Gasteiger partial charge in [-0.25, -0.2) is 4.98 Å². The Morgan fingerprint density at radius 1 is 1.21 bits per heavy atom. The zero-order valence-corrected chi connectivity index (χ0v) is 11.7. The first-order valence-electron chi connectivity index (χ1n) is 7.05. The summed E-state index contributed by atoms with van der Waals surface area (Å²) in [6.07, 6.45) is 4.38. The van der Waals surface area contributed by atoms with Crippen LogP contribution in [0.1, 0.15) is 25.3 Å². The summed E-state index contributed by atoms with van der Waals surface area (Å²) >= 11 is 0. The summed E-state index contributed by atoms with van der Waals surface area (Å²) in [6.45, 7) is 6.67. The largest absolute Gasteiger partial charge is 0.398 e. The van der Waals surface area contributed by atoms with Crippen molar-refractivity contribution < 1.29 is 0 Å². The highest BCUT2D eigenvalue weighted by Crippen LogP contribution is 2.33. The van der Waals surface area contributed by atoms with Gasteiger partial charge in [-0.2, -0.15) is 0 Å². The van der Waals surface area contributed by atoms with E-state index in [2.05, 4.69) is 29.8 Å². The minimum Gasteiger partial charge on any atom is -0.398 e. The summed E-state index contributed by atoms with van der Waals surface area (Å²) in [5, 5.41) is 2.35. The minimum atomic E-state index is 0.831. The minimum absolute atomic E-state index is 0.831. The van der Waals surface area contributed by atoms with Crippen molar-refractivity contribution in [3.05, 3.63) is 30.0 Å². The van der Waals surface area contributed by atoms with Crippen molar-refractivity contribution in [2.24, 2.45) is 5.92 Å². The monoisotopic (exact) mass is 255 g/mol.